The number of nitrogens with zero attached hydrogens (tertiary/aromatic N) is 1. The molecule has 0 unspecified atom stereocenters. The third kappa shape index (κ3) is 1.88. The molecule has 0 aromatic heterocycles. The quantitative estimate of drug-likeness (QED) is 0.467. The molecule has 0 aliphatic carbocycles. The molecule has 0 aliphatic rings. The van der Waals surface area contributed by atoms with Crippen LogP contribution in [0.1, 0.15) is 11.1 Å². The van der Waals surface area contributed by atoms with Gasteiger partial charge in [-0.1, -0.05) is 29.8 Å². The van der Waals surface area contributed by atoms with Crippen LogP contribution in [0, 0.1) is 6.92 Å². The van der Waals surface area contributed by atoms with E-state index in [0.29, 0.717) is 0 Å². The first kappa shape index (κ1) is 7.35. The molecular formula is C8H9NS. The molecule has 1 aromatic carbocycles. The van der Waals surface area contributed by atoms with E-state index in [1.165, 1.54) is 5.56 Å². The van der Waals surface area contributed by atoms with Gasteiger partial charge in [0, 0.05) is 6.21 Å². The van der Waals surface area contributed by atoms with Gasteiger partial charge in [0.05, 0.1) is 0 Å². The van der Waals surface area contributed by atoms with E-state index in [0.717, 1.165) is 5.56 Å². The molecule has 0 heterocycles. The van der Waals surface area contributed by atoms with E-state index in [1.54, 1.807) is 6.21 Å². The molecule has 10 heavy (non-hydrogen) atoms. The van der Waals surface area contributed by atoms with Gasteiger partial charge in [0.1, 0.15) is 0 Å². The number of hydrogen-bond acceptors (Lipinski definition) is 2. The number of aryl methyl sites for hydroxylation is 1. The molecule has 0 spiro atoms. The van der Waals surface area contributed by atoms with Crippen molar-refractivity contribution >= 4 is 19.0 Å². The molecular weight excluding hydrogens is 142 g/mol. The van der Waals surface area contributed by atoms with Crippen LogP contribution in [0.4, 0.5) is 0 Å². The summed E-state index contributed by atoms with van der Waals surface area (Å²) in [6.07, 6.45) is 1.71. The molecule has 0 fully saturated rings. The summed E-state index contributed by atoms with van der Waals surface area (Å²) in [5, 5.41) is 0. The molecule has 0 N–H and O–H groups in total. The van der Waals surface area contributed by atoms with Crippen molar-refractivity contribution in [2.75, 3.05) is 0 Å². The highest BCUT2D eigenvalue weighted by Crippen LogP contribution is 2.00. The Morgan fingerprint density at radius 3 is 2.40 bits per heavy atom. The van der Waals surface area contributed by atoms with Crippen LogP contribution in [0.2, 0.25) is 0 Å². The zero-order valence-corrected chi connectivity index (χ0v) is 6.68. The first-order valence-corrected chi connectivity index (χ1v) is 3.47. The molecule has 52 valence electrons. The smallest absolute Gasteiger partial charge is 0.0420 e. The summed E-state index contributed by atoms with van der Waals surface area (Å²) in [6, 6.07) is 8.11. The highest BCUT2D eigenvalue weighted by atomic mass is 32.1. The predicted octanol–water partition coefficient (Wildman–Crippen LogP) is 2.26. The molecule has 0 saturated carbocycles. The van der Waals surface area contributed by atoms with Crippen molar-refractivity contribution in [2.45, 2.75) is 6.92 Å². The van der Waals surface area contributed by atoms with Crippen LogP contribution in [0.15, 0.2) is 28.7 Å². The number of hydrogen-bond donors (Lipinski definition) is 1. The highest BCUT2D eigenvalue weighted by Gasteiger charge is 1.84. The van der Waals surface area contributed by atoms with Crippen LogP contribution in [-0.4, -0.2) is 6.21 Å². The number of benzene rings is 1. The van der Waals surface area contributed by atoms with Crippen LogP contribution in [0.3, 0.4) is 0 Å². The Labute approximate surface area is 66.3 Å². The Balaban J connectivity index is 2.89. The maximum Gasteiger partial charge on any atom is 0.0420 e. The van der Waals surface area contributed by atoms with Gasteiger partial charge in [0.25, 0.3) is 0 Å². The van der Waals surface area contributed by atoms with E-state index in [2.05, 4.69) is 24.1 Å². The second-order valence-electron chi connectivity index (χ2n) is 2.16. The van der Waals surface area contributed by atoms with E-state index < -0.39 is 0 Å². The molecule has 1 aromatic rings. The molecule has 1 nitrogen and oxygen atoms in total. The number of thiol groups is 1. The Bertz CT molecular complexity index is 226. The Morgan fingerprint density at radius 2 is 1.90 bits per heavy atom. The Hall–Kier alpha value is -0.760. The first-order chi connectivity index (χ1) is 4.83. The van der Waals surface area contributed by atoms with Gasteiger partial charge in [-0.2, -0.15) is 0 Å². The average molecular weight is 151 g/mol. The van der Waals surface area contributed by atoms with Crippen LogP contribution in [0.25, 0.3) is 0 Å². The molecule has 0 atom stereocenters. The van der Waals surface area contributed by atoms with Crippen molar-refractivity contribution in [3.63, 3.8) is 0 Å². The molecule has 0 bridgehead atoms. The van der Waals surface area contributed by atoms with E-state index in [4.69, 9.17) is 0 Å². The van der Waals surface area contributed by atoms with Crippen LogP contribution < -0.4 is 0 Å². The standard InChI is InChI=1S/C8H9NS/c1-7-2-4-8(5-3-7)6-9-10/h2-6,10H,1H3/b9-6+. The van der Waals surface area contributed by atoms with E-state index in [1.807, 2.05) is 24.3 Å². The summed E-state index contributed by atoms with van der Waals surface area (Å²) in [7, 11) is 0. The molecule has 0 aliphatic heterocycles. The second kappa shape index (κ2) is 3.42. The third-order valence-electron chi connectivity index (χ3n) is 1.28. The van der Waals surface area contributed by atoms with E-state index in [-0.39, 0.29) is 0 Å². The molecule has 0 saturated heterocycles. The zero-order chi connectivity index (χ0) is 7.40. The fraction of sp³-hybridized carbons (Fsp3) is 0.125. The van der Waals surface area contributed by atoms with Crippen molar-refractivity contribution < 1.29 is 0 Å². The highest BCUT2D eigenvalue weighted by molar-refractivity contribution is 7.78. The lowest BCUT2D eigenvalue weighted by Crippen LogP contribution is -1.78. The zero-order valence-electron chi connectivity index (χ0n) is 5.78. The minimum Gasteiger partial charge on any atom is -0.227 e. The summed E-state index contributed by atoms with van der Waals surface area (Å²) in [5.41, 5.74) is 2.34. The third-order valence-corrected chi connectivity index (χ3v) is 1.40. The van der Waals surface area contributed by atoms with Crippen molar-refractivity contribution in [3.8, 4) is 0 Å². The predicted molar refractivity (Wildman–Crippen MR) is 47.8 cm³/mol. The van der Waals surface area contributed by atoms with Gasteiger partial charge < -0.3 is 0 Å². The summed E-state index contributed by atoms with van der Waals surface area (Å²) in [6.45, 7) is 2.06. The van der Waals surface area contributed by atoms with Gasteiger partial charge >= 0.3 is 0 Å². The van der Waals surface area contributed by atoms with Crippen LogP contribution in [-0.2, 0) is 0 Å². The van der Waals surface area contributed by atoms with Crippen molar-refractivity contribution in [2.24, 2.45) is 4.40 Å². The van der Waals surface area contributed by atoms with Crippen molar-refractivity contribution in [1.29, 1.82) is 0 Å². The summed E-state index contributed by atoms with van der Waals surface area (Å²) in [4.78, 5) is 0. The van der Waals surface area contributed by atoms with Gasteiger partial charge in [-0.3, -0.25) is 0 Å². The lowest BCUT2D eigenvalue weighted by molar-refractivity contribution is 1.47. The normalized spacial score (nSPS) is 10.6. The van der Waals surface area contributed by atoms with Gasteiger partial charge in [-0.05, 0) is 25.3 Å². The maximum atomic E-state index is 3.73. The SMILES string of the molecule is Cc1ccc(/C=N/S)cc1. The molecule has 0 radical (unpaired) electrons. The Kier molecular flexibility index (Phi) is 2.51. The largest absolute Gasteiger partial charge is 0.227 e. The lowest BCUT2D eigenvalue weighted by Gasteiger charge is -1.91. The summed E-state index contributed by atoms with van der Waals surface area (Å²) >= 11 is 3.73. The second-order valence-corrected chi connectivity index (χ2v) is 2.39. The van der Waals surface area contributed by atoms with Gasteiger partial charge in [0.2, 0.25) is 0 Å². The average Bonchev–Trinajstić information content (AvgIpc) is 1.95. The maximum absolute atomic E-state index is 3.73. The first-order valence-electron chi connectivity index (χ1n) is 3.07. The molecule has 2 heteroatoms. The fourth-order valence-electron chi connectivity index (χ4n) is 0.719. The van der Waals surface area contributed by atoms with Crippen LogP contribution >= 0.6 is 12.8 Å². The minimum absolute atomic E-state index is 1.08. The minimum atomic E-state index is 1.08. The van der Waals surface area contributed by atoms with E-state index >= 15 is 0 Å². The summed E-state index contributed by atoms with van der Waals surface area (Å²) < 4.78 is 3.61. The Morgan fingerprint density at radius 1 is 1.30 bits per heavy atom. The molecule has 1 rings (SSSR count). The van der Waals surface area contributed by atoms with Gasteiger partial charge in [0.15, 0.2) is 0 Å². The fourth-order valence-corrected chi connectivity index (χ4v) is 0.853. The van der Waals surface area contributed by atoms with E-state index in [9.17, 15) is 0 Å². The van der Waals surface area contributed by atoms with Crippen molar-refractivity contribution in [3.05, 3.63) is 35.4 Å². The van der Waals surface area contributed by atoms with Gasteiger partial charge in [-0.15, -0.1) is 0 Å². The summed E-state index contributed by atoms with van der Waals surface area (Å²) in [5.74, 6) is 0. The lowest BCUT2D eigenvalue weighted by atomic mass is 10.2. The van der Waals surface area contributed by atoms with Gasteiger partial charge in [-0.25, -0.2) is 4.40 Å². The number of rotatable bonds is 1. The topological polar surface area (TPSA) is 12.4 Å². The monoisotopic (exact) mass is 151 g/mol. The van der Waals surface area contributed by atoms with Crippen molar-refractivity contribution in [1.82, 2.24) is 0 Å². The molecule has 0 amide bonds. The van der Waals surface area contributed by atoms with Crippen LogP contribution in [0.5, 0.6) is 0 Å².